The Labute approximate surface area is 199 Å². The van der Waals surface area contributed by atoms with Gasteiger partial charge in [-0.05, 0) is 11.1 Å². The number of hydrogen-bond acceptors (Lipinski definition) is 4. The van der Waals surface area contributed by atoms with Crippen LogP contribution in [0.5, 0.6) is 0 Å². The molecule has 6 heteroatoms. The Hall–Kier alpha value is -4.06. The molecule has 0 aliphatic carbocycles. The fourth-order valence-electron chi connectivity index (χ4n) is 4.67. The van der Waals surface area contributed by atoms with Crippen molar-refractivity contribution in [2.75, 3.05) is 0 Å². The summed E-state index contributed by atoms with van der Waals surface area (Å²) in [5.74, 6) is 0. The van der Waals surface area contributed by atoms with Crippen LogP contribution >= 0.6 is 0 Å². The lowest BCUT2D eigenvalue weighted by molar-refractivity contribution is -0.00590. The van der Waals surface area contributed by atoms with Crippen molar-refractivity contribution in [2.45, 2.75) is 37.4 Å². The number of hydrogen-bond donors (Lipinski definition) is 0. The van der Waals surface area contributed by atoms with E-state index in [1.165, 1.54) is 0 Å². The van der Waals surface area contributed by atoms with Crippen molar-refractivity contribution in [1.29, 1.82) is 0 Å². The zero-order chi connectivity index (χ0) is 23.3. The second-order valence-corrected chi connectivity index (χ2v) is 8.40. The minimum atomic E-state index is -0.411. The summed E-state index contributed by atoms with van der Waals surface area (Å²) < 4.78 is 11.4. The van der Waals surface area contributed by atoms with Crippen molar-refractivity contribution < 1.29 is 19.1 Å². The van der Waals surface area contributed by atoms with Gasteiger partial charge < -0.3 is 9.47 Å². The summed E-state index contributed by atoms with van der Waals surface area (Å²) in [6.07, 6.45) is 14.6. The van der Waals surface area contributed by atoms with Crippen molar-refractivity contribution in [3.63, 3.8) is 0 Å². The number of allylic oxidation sites excluding steroid dienone is 4. The summed E-state index contributed by atoms with van der Waals surface area (Å²) >= 11 is 0. The molecule has 3 heterocycles. The first-order chi connectivity index (χ1) is 16.7. The van der Waals surface area contributed by atoms with Gasteiger partial charge in [0.25, 0.3) is 0 Å². The molecule has 3 aliphatic heterocycles. The van der Waals surface area contributed by atoms with E-state index in [9.17, 15) is 9.59 Å². The maximum absolute atomic E-state index is 13.3. The van der Waals surface area contributed by atoms with Crippen LogP contribution in [0.4, 0.5) is 9.59 Å². The number of fused-ring (bicyclic) bond motifs is 6. The van der Waals surface area contributed by atoms with Crippen molar-refractivity contribution in [1.82, 2.24) is 9.80 Å². The van der Waals surface area contributed by atoms with E-state index in [1.54, 1.807) is 9.80 Å². The smallest absolute Gasteiger partial charge is 0.411 e. The first kappa shape index (κ1) is 21.8. The van der Waals surface area contributed by atoms with Crippen LogP contribution in [0.15, 0.2) is 109 Å². The first-order valence-electron chi connectivity index (χ1n) is 11.4. The second-order valence-electron chi connectivity index (χ2n) is 8.40. The average molecular weight is 455 g/mol. The summed E-state index contributed by atoms with van der Waals surface area (Å²) in [6.45, 7) is 0.375. The van der Waals surface area contributed by atoms with Crippen LogP contribution in [-0.4, -0.2) is 46.2 Å². The predicted molar refractivity (Wildman–Crippen MR) is 129 cm³/mol. The third kappa shape index (κ3) is 4.39. The highest BCUT2D eigenvalue weighted by Gasteiger charge is 2.50. The molecule has 2 aromatic carbocycles. The van der Waals surface area contributed by atoms with Crippen molar-refractivity contribution in [3.05, 3.63) is 120 Å². The van der Waals surface area contributed by atoms with Gasteiger partial charge in [-0.2, -0.15) is 0 Å². The molecular weight excluding hydrogens is 428 g/mol. The molecule has 0 aromatic heterocycles. The van der Waals surface area contributed by atoms with Crippen LogP contribution in [0.1, 0.15) is 11.1 Å². The quantitative estimate of drug-likeness (QED) is 0.652. The molecular formula is C28H26N2O4. The molecule has 0 spiro atoms. The van der Waals surface area contributed by atoms with E-state index in [0.29, 0.717) is 0 Å². The summed E-state index contributed by atoms with van der Waals surface area (Å²) in [7, 11) is 0. The van der Waals surface area contributed by atoms with Crippen LogP contribution in [0.3, 0.4) is 0 Å². The molecule has 3 aliphatic rings. The van der Waals surface area contributed by atoms with Crippen molar-refractivity contribution in [2.24, 2.45) is 0 Å². The highest BCUT2D eigenvalue weighted by atomic mass is 16.6. The molecule has 0 unspecified atom stereocenters. The largest absolute Gasteiger partial charge is 0.445 e. The Bertz CT molecular complexity index is 1010. The molecule has 0 N–H and O–H groups in total. The van der Waals surface area contributed by atoms with Gasteiger partial charge in [-0.1, -0.05) is 109 Å². The van der Waals surface area contributed by atoms with Gasteiger partial charge in [-0.3, -0.25) is 9.80 Å². The van der Waals surface area contributed by atoms with Crippen molar-refractivity contribution >= 4 is 12.2 Å². The van der Waals surface area contributed by atoms with Crippen LogP contribution < -0.4 is 0 Å². The molecule has 34 heavy (non-hydrogen) atoms. The predicted octanol–water partition coefficient (Wildman–Crippen LogP) is 5.00. The molecule has 0 saturated carbocycles. The lowest BCUT2D eigenvalue weighted by atomic mass is 9.93. The van der Waals surface area contributed by atoms with Gasteiger partial charge in [-0.25, -0.2) is 9.59 Å². The SMILES string of the molecule is O=C(OCc1ccccc1)N1[C@H]2C=CC=C[C@H]1[C@@H]1C=CC=C[C@@H]2N1C(=O)OCc1ccccc1. The third-order valence-corrected chi connectivity index (χ3v) is 6.27. The molecule has 0 radical (unpaired) electrons. The van der Waals surface area contributed by atoms with Gasteiger partial charge >= 0.3 is 12.2 Å². The third-order valence-electron chi connectivity index (χ3n) is 6.27. The lowest BCUT2D eigenvalue weighted by Gasteiger charge is -2.51. The van der Waals surface area contributed by atoms with E-state index in [4.69, 9.17) is 9.47 Å². The van der Waals surface area contributed by atoms with Crippen LogP contribution in [0, 0.1) is 0 Å². The number of ether oxygens (including phenoxy) is 2. The Morgan fingerprint density at radius 1 is 0.559 bits per heavy atom. The molecule has 6 nitrogen and oxygen atoms in total. The average Bonchev–Trinajstić information content (AvgIpc) is 3.17. The highest BCUT2D eigenvalue weighted by Crippen LogP contribution is 2.34. The van der Waals surface area contributed by atoms with Gasteiger partial charge in [0.15, 0.2) is 0 Å². The number of carbonyl (C=O) groups excluding carboxylic acids is 2. The number of carbonyl (C=O) groups is 2. The van der Waals surface area contributed by atoms with E-state index in [1.807, 2.05) is 109 Å². The number of piperazine rings is 1. The Morgan fingerprint density at radius 3 is 1.21 bits per heavy atom. The summed E-state index contributed by atoms with van der Waals surface area (Å²) in [5, 5.41) is 0. The summed E-state index contributed by atoms with van der Waals surface area (Å²) in [5.41, 5.74) is 1.84. The molecule has 1 fully saturated rings. The molecule has 4 atom stereocenters. The number of benzene rings is 2. The maximum Gasteiger partial charge on any atom is 0.411 e. The van der Waals surface area contributed by atoms with Crippen LogP contribution in [-0.2, 0) is 22.7 Å². The van der Waals surface area contributed by atoms with Crippen LogP contribution in [0.25, 0.3) is 0 Å². The molecule has 2 aromatic rings. The topological polar surface area (TPSA) is 59.1 Å². The minimum absolute atomic E-state index is 0.187. The van der Waals surface area contributed by atoms with Gasteiger partial charge in [0.1, 0.15) is 13.2 Å². The zero-order valence-electron chi connectivity index (χ0n) is 18.6. The Kier molecular flexibility index (Phi) is 6.29. The monoisotopic (exact) mass is 454 g/mol. The highest BCUT2D eigenvalue weighted by molar-refractivity contribution is 5.74. The van der Waals surface area contributed by atoms with Gasteiger partial charge in [-0.15, -0.1) is 0 Å². The minimum Gasteiger partial charge on any atom is -0.445 e. The molecule has 5 rings (SSSR count). The maximum atomic E-state index is 13.3. The number of rotatable bonds is 4. The van der Waals surface area contributed by atoms with Crippen molar-refractivity contribution in [3.8, 4) is 0 Å². The first-order valence-corrected chi connectivity index (χ1v) is 11.4. The normalized spacial score (nSPS) is 24.4. The summed E-state index contributed by atoms with van der Waals surface area (Å²) in [6, 6.07) is 17.6. The number of amides is 2. The summed E-state index contributed by atoms with van der Waals surface area (Å²) in [4.78, 5) is 30.1. The molecule has 2 amide bonds. The van der Waals surface area contributed by atoms with Gasteiger partial charge in [0.2, 0.25) is 0 Å². The van der Waals surface area contributed by atoms with Gasteiger partial charge in [0.05, 0.1) is 24.2 Å². The molecule has 1 saturated heterocycles. The van der Waals surface area contributed by atoms with E-state index in [-0.39, 0.29) is 37.4 Å². The zero-order valence-corrected chi connectivity index (χ0v) is 18.6. The molecule has 4 bridgehead atoms. The van der Waals surface area contributed by atoms with E-state index in [0.717, 1.165) is 11.1 Å². The van der Waals surface area contributed by atoms with E-state index < -0.39 is 12.2 Å². The lowest BCUT2D eigenvalue weighted by Crippen LogP contribution is -2.68. The van der Waals surface area contributed by atoms with E-state index in [2.05, 4.69) is 0 Å². The van der Waals surface area contributed by atoms with Gasteiger partial charge in [0, 0.05) is 0 Å². The van der Waals surface area contributed by atoms with E-state index >= 15 is 0 Å². The molecule has 172 valence electrons. The fraction of sp³-hybridized carbons (Fsp3) is 0.214. The Morgan fingerprint density at radius 2 is 0.882 bits per heavy atom. The Balaban J connectivity index is 1.39. The fourth-order valence-corrected chi connectivity index (χ4v) is 4.67. The second kappa shape index (κ2) is 9.83. The van der Waals surface area contributed by atoms with Crippen LogP contribution in [0.2, 0.25) is 0 Å². The standard InChI is InChI=1S/C28H26N2O4/c31-27(33-19-21-11-3-1-4-12-21)29-23-15-7-8-16-24(29)26-18-10-9-17-25(23)30(26)28(32)34-20-22-13-5-2-6-14-22/h1-18,23-26H,19-20H2/t23-,24-,25-,26-/m0/s1. The number of nitrogens with zero attached hydrogens (tertiary/aromatic N) is 2.